The molecular weight excluding hydrogens is 248 g/mol. The van der Waals surface area contributed by atoms with Gasteiger partial charge in [0, 0.05) is 25.5 Å². The summed E-state index contributed by atoms with van der Waals surface area (Å²) in [4.78, 5) is 32.2. The fourth-order valence-corrected chi connectivity index (χ4v) is 1.99. The van der Waals surface area contributed by atoms with Gasteiger partial charge in [0.25, 0.3) is 0 Å². The Kier molecular flexibility index (Phi) is 4.06. The molecule has 1 aromatic heterocycles. The van der Waals surface area contributed by atoms with Gasteiger partial charge < -0.3 is 5.11 Å². The van der Waals surface area contributed by atoms with Crippen LogP contribution in [0.4, 0.5) is 5.95 Å². The summed E-state index contributed by atoms with van der Waals surface area (Å²) in [5, 5.41) is 11.5. The van der Waals surface area contributed by atoms with Gasteiger partial charge in [0.15, 0.2) is 0 Å². The zero-order valence-electron chi connectivity index (χ0n) is 10.6. The Morgan fingerprint density at radius 2 is 2.11 bits per heavy atom. The molecule has 7 heteroatoms. The van der Waals surface area contributed by atoms with Gasteiger partial charge in [-0.3, -0.25) is 19.8 Å². The van der Waals surface area contributed by atoms with Gasteiger partial charge >= 0.3 is 5.97 Å². The molecule has 1 atom stereocenters. The number of carboxylic acid groups (broad SMARTS) is 1. The Morgan fingerprint density at radius 3 is 2.68 bits per heavy atom. The second kappa shape index (κ2) is 5.75. The zero-order chi connectivity index (χ0) is 13.8. The van der Waals surface area contributed by atoms with Crippen LogP contribution in [0.3, 0.4) is 0 Å². The Labute approximate surface area is 110 Å². The number of nitrogens with zero attached hydrogens (tertiary/aromatic N) is 3. The Bertz CT molecular complexity index is 459. The van der Waals surface area contributed by atoms with E-state index in [0.717, 1.165) is 0 Å². The van der Waals surface area contributed by atoms with Crippen molar-refractivity contribution >= 4 is 17.8 Å². The third kappa shape index (κ3) is 3.47. The Balaban J connectivity index is 1.73. The van der Waals surface area contributed by atoms with E-state index >= 15 is 0 Å². The lowest BCUT2D eigenvalue weighted by Crippen LogP contribution is -2.53. The second-order valence-corrected chi connectivity index (χ2v) is 4.70. The molecule has 1 saturated heterocycles. The quantitative estimate of drug-likeness (QED) is 0.781. The van der Waals surface area contributed by atoms with Gasteiger partial charge in [-0.25, -0.2) is 9.97 Å². The fourth-order valence-electron chi connectivity index (χ4n) is 1.99. The first kappa shape index (κ1) is 13.4. The zero-order valence-corrected chi connectivity index (χ0v) is 10.6. The maximum absolute atomic E-state index is 11.7. The van der Waals surface area contributed by atoms with Crippen LogP contribution >= 0.6 is 0 Å². The highest BCUT2D eigenvalue weighted by molar-refractivity contribution is 5.90. The number of aliphatic carboxylic acids is 1. The number of rotatable bonds is 5. The van der Waals surface area contributed by atoms with E-state index < -0.39 is 5.97 Å². The minimum atomic E-state index is -0.785. The van der Waals surface area contributed by atoms with Crippen LogP contribution in [0.15, 0.2) is 18.5 Å². The van der Waals surface area contributed by atoms with Crippen molar-refractivity contribution in [2.45, 2.75) is 6.92 Å². The summed E-state index contributed by atoms with van der Waals surface area (Å²) >= 11 is 0. The van der Waals surface area contributed by atoms with Crippen molar-refractivity contribution in [1.29, 1.82) is 0 Å². The molecule has 1 aliphatic rings. The Morgan fingerprint density at radius 1 is 1.47 bits per heavy atom. The molecule has 1 fully saturated rings. The van der Waals surface area contributed by atoms with E-state index in [0.29, 0.717) is 13.1 Å². The number of carbonyl (C=O) groups is 2. The van der Waals surface area contributed by atoms with Crippen molar-refractivity contribution in [3.63, 3.8) is 0 Å². The van der Waals surface area contributed by atoms with E-state index in [2.05, 4.69) is 15.3 Å². The van der Waals surface area contributed by atoms with E-state index in [1.54, 1.807) is 25.4 Å². The smallest absolute Gasteiger partial charge is 0.306 e. The molecule has 0 spiro atoms. The van der Waals surface area contributed by atoms with Gasteiger partial charge in [-0.2, -0.15) is 0 Å². The summed E-state index contributed by atoms with van der Waals surface area (Å²) in [5.41, 5.74) is 0. The van der Waals surface area contributed by atoms with Crippen molar-refractivity contribution in [2.24, 2.45) is 11.8 Å². The maximum atomic E-state index is 11.7. The first-order valence-corrected chi connectivity index (χ1v) is 6.08. The van der Waals surface area contributed by atoms with Crippen LogP contribution in [0.25, 0.3) is 0 Å². The number of anilines is 1. The first-order valence-electron chi connectivity index (χ1n) is 6.08. The molecule has 1 amide bonds. The topological polar surface area (TPSA) is 95.4 Å². The number of carboxylic acids is 1. The highest BCUT2D eigenvalue weighted by Gasteiger charge is 2.35. The predicted molar refractivity (Wildman–Crippen MR) is 67.4 cm³/mol. The van der Waals surface area contributed by atoms with Crippen molar-refractivity contribution in [3.05, 3.63) is 18.5 Å². The molecule has 0 bridgehead atoms. The van der Waals surface area contributed by atoms with Gasteiger partial charge in [-0.05, 0) is 12.0 Å². The van der Waals surface area contributed by atoms with Gasteiger partial charge in [0.2, 0.25) is 11.9 Å². The average Bonchev–Trinajstić information content (AvgIpc) is 2.33. The SMILES string of the molecule is CC(C(=O)O)C1CN(CC(=O)Nc2ncccn2)C1. The lowest BCUT2D eigenvalue weighted by Gasteiger charge is -2.40. The van der Waals surface area contributed by atoms with Crippen LogP contribution in [-0.4, -0.2) is 51.5 Å². The molecule has 1 aromatic rings. The molecule has 1 unspecified atom stereocenters. The molecule has 0 radical (unpaired) electrons. The highest BCUT2D eigenvalue weighted by Crippen LogP contribution is 2.23. The molecule has 0 aromatic carbocycles. The van der Waals surface area contributed by atoms with E-state index in [-0.39, 0.29) is 30.2 Å². The van der Waals surface area contributed by atoms with Gasteiger partial charge in [0.1, 0.15) is 0 Å². The Hall–Kier alpha value is -2.02. The van der Waals surface area contributed by atoms with Gasteiger partial charge in [-0.15, -0.1) is 0 Å². The van der Waals surface area contributed by atoms with Crippen molar-refractivity contribution < 1.29 is 14.7 Å². The second-order valence-electron chi connectivity index (χ2n) is 4.70. The van der Waals surface area contributed by atoms with E-state index in [1.165, 1.54) is 0 Å². The third-order valence-electron chi connectivity index (χ3n) is 3.27. The van der Waals surface area contributed by atoms with E-state index in [4.69, 9.17) is 5.11 Å². The monoisotopic (exact) mass is 264 g/mol. The third-order valence-corrected chi connectivity index (χ3v) is 3.27. The summed E-state index contributed by atoms with van der Waals surface area (Å²) in [6, 6.07) is 1.67. The van der Waals surface area contributed by atoms with Crippen LogP contribution in [0.2, 0.25) is 0 Å². The van der Waals surface area contributed by atoms with Crippen LogP contribution in [0.5, 0.6) is 0 Å². The van der Waals surface area contributed by atoms with Crippen LogP contribution in [0, 0.1) is 11.8 Å². The number of carbonyl (C=O) groups excluding carboxylic acids is 1. The highest BCUT2D eigenvalue weighted by atomic mass is 16.4. The lowest BCUT2D eigenvalue weighted by atomic mass is 9.87. The molecule has 1 aliphatic heterocycles. The first-order chi connectivity index (χ1) is 9.06. The molecule has 2 rings (SSSR count). The number of amides is 1. The van der Waals surface area contributed by atoms with E-state index in [9.17, 15) is 9.59 Å². The van der Waals surface area contributed by atoms with Crippen molar-refractivity contribution in [2.75, 3.05) is 25.0 Å². The van der Waals surface area contributed by atoms with Crippen molar-refractivity contribution in [1.82, 2.24) is 14.9 Å². The molecule has 0 saturated carbocycles. The predicted octanol–water partition coefficient (Wildman–Crippen LogP) is 0.0676. The summed E-state index contributed by atoms with van der Waals surface area (Å²) in [7, 11) is 0. The average molecular weight is 264 g/mol. The minimum absolute atomic E-state index is 0.123. The molecular formula is C12H16N4O3. The van der Waals surface area contributed by atoms with Crippen LogP contribution in [0.1, 0.15) is 6.92 Å². The van der Waals surface area contributed by atoms with Gasteiger partial charge in [-0.1, -0.05) is 6.92 Å². The normalized spacial score (nSPS) is 17.5. The molecule has 2 N–H and O–H groups in total. The molecule has 102 valence electrons. The largest absolute Gasteiger partial charge is 0.481 e. The molecule has 19 heavy (non-hydrogen) atoms. The number of nitrogens with one attached hydrogen (secondary N) is 1. The van der Waals surface area contributed by atoms with Gasteiger partial charge in [0.05, 0.1) is 12.5 Å². The van der Waals surface area contributed by atoms with Crippen LogP contribution < -0.4 is 5.32 Å². The maximum Gasteiger partial charge on any atom is 0.306 e. The molecule has 0 aliphatic carbocycles. The number of aromatic nitrogens is 2. The minimum Gasteiger partial charge on any atom is -0.481 e. The fraction of sp³-hybridized carbons (Fsp3) is 0.500. The van der Waals surface area contributed by atoms with Crippen molar-refractivity contribution in [3.8, 4) is 0 Å². The lowest BCUT2D eigenvalue weighted by molar-refractivity contribution is -0.145. The summed E-state index contributed by atoms with van der Waals surface area (Å²) < 4.78 is 0. The number of hydrogen-bond donors (Lipinski definition) is 2. The van der Waals surface area contributed by atoms with E-state index in [1.807, 2.05) is 4.90 Å². The number of hydrogen-bond acceptors (Lipinski definition) is 5. The summed E-state index contributed by atoms with van der Waals surface area (Å²) in [6.07, 6.45) is 3.10. The standard InChI is InChI=1S/C12H16N4O3/c1-8(11(18)19)9-5-16(6-9)7-10(17)15-12-13-3-2-4-14-12/h2-4,8-9H,5-7H2,1H3,(H,18,19)(H,13,14,15,17). The van der Waals surface area contributed by atoms with Crippen LogP contribution in [-0.2, 0) is 9.59 Å². The summed E-state index contributed by atoms with van der Waals surface area (Å²) in [6.45, 7) is 3.20. The molecule has 2 heterocycles. The summed E-state index contributed by atoms with van der Waals surface area (Å²) in [5.74, 6) is -0.932. The molecule has 7 nitrogen and oxygen atoms in total. The number of likely N-dealkylation sites (tertiary alicyclic amines) is 1.